The summed E-state index contributed by atoms with van der Waals surface area (Å²) in [4.78, 5) is 0. The SMILES string of the molecule is CNC(=S)Nc1ccccc1C=C(C)C. The van der Waals surface area contributed by atoms with E-state index in [1.807, 2.05) is 18.2 Å². The Bertz CT molecular complexity index is 379. The van der Waals surface area contributed by atoms with Crippen LogP contribution in [0, 0.1) is 0 Å². The summed E-state index contributed by atoms with van der Waals surface area (Å²) in [5, 5.41) is 6.66. The number of nitrogens with one attached hydrogen (secondary N) is 2. The first-order valence-corrected chi connectivity index (χ1v) is 5.27. The molecule has 0 aliphatic heterocycles. The maximum atomic E-state index is 5.07. The third kappa shape index (κ3) is 3.72. The molecule has 0 radical (unpaired) electrons. The van der Waals surface area contributed by atoms with Crippen molar-refractivity contribution in [3.8, 4) is 0 Å². The second-order valence-corrected chi connectivity index (χ2v) is 3.92. The van der Waals surface area contributed by atoms with Crippen molar-refractivity contribution in [3.63, 3.8) is 0 Å². The lowest BCUT2D eigenvalue weighted by atomic mass is 10.1. The van der Waals surface area contributed by atoms with E-state index in [1.54, 1.807) is 7.05 Å². The van der Waals surface area contributed by atoms with E-state index in [0.29, 0.717) is 5.11 Å². The molecule has 80 valence electrons. The van der Waals surface area contributed by atoms with Crippen molar-refractivity contribution in [3.05, 3.63) is 35.4 Å². The van der Waals surface area contributed by atoms with E-state index in [1.165, 1.54) is 5.57 Å². The lowest BCUT2D eigenvalue weighted by molar-refractivity contribution is 1.20. The van der Waals surface area contributed by atoms with Gasteiger partial charge in [-0.05, 0) is 37.7 Å². The zero-order chi connectivity index (χ0) is 11.3. The molecule has 0 atom stereocenters. The van der Waals surface area contributed by atoms with Crippen LogP contribution in [-0.4, -0.2) is 12.2 Å². The molecular formula is C12H16N2S. The molecule has 2 nitrogen and oxygen atoms in total. The molecule has 15 heavy (non-hydrogen) atoms. The number of benzene rings is 1. The van der Waals surface area contributed by atoms with Crippen LogP contribution in [0.15, 0.2) is 29.8 Å². The van der Waals surface area contributed by atoms with Crippen molar-refractivity contribution >= 4 is 29.1 Å². The van der Waals surface area contributed by atoms with Crippen molar-refractivity contribution in [2.75, 3.05) is 12.4 Å². The molecule has 0 bridgehead atoms. The van der Waals surface area contributed by atoms with Gasteiger partial charge in [0.05, 0.1) is 0 Å². The molecular weight excluding hydrogens is 204 g/mol. The van der Waals surface area contributed by atoms with Crippen molar-refractivity contribution in [1.29, 1.82) is 0 Å². The first kappa shape index (κ1) is 11.7. The smallest absolute Gasteiger partial charge is 0.170 e. The van der Waals surface area contributed by atoms with E-state index in [0.717, 1.165) is 11.3 Å². The fourth-order valence-corrected chi connectivity index (χ4v) is 1.34. The van der Waals surface area contributed by atoms with Crippen molar-refractivity contribution in [2.24, 2.45) is 0 Å². The van der Waals surface area contributed by atoms with E-state index in [2.05, 4.69) is 36.6 Å². The summed E-state index contributed by atoms with van der Waals surface area (Å²) in [6, 6.07) is 8.08. The first-order chi connectivity index (χ1) is 7.13. The number of hydrogen-bond acceptors (Lipinski definition) is 1. The molecule has 0 heterocycles. The van der Waals surface area contributed by atoms with E-state index < -0.39 is 0 Å². The highest BCUT2D eigenvalue weighted by atomic mass is 32.1. The molecule has 0 spiro atoms. The van der Waals surface area contributed by atoms with Crippen LogP contribution < -0.4 is 10.6 Å². The van der Waals surface area contributed by atoms with Crippen LogP contribution in [0.2, 0.25) is 0 Å². The van der Waals surface area contributed by atoms with Gasteiger partial charge in [0, 0.05) is 12.7 Å². The van der Waals surface area contributed by atoms with Crippen LogP contribution in [0.3, 0.4) is 0 Å². The molecule has 0 saturated heterocycles. The van der Waals surface area contributed by atoms with Gasteiger partial charge < -0.3 is 10.6 Å². The average Bonchev–Trinajstić information content (AvgIpc) is 2.20. The molecule has 0 aliphatic rings. The normalized spacial score (nSPS) is 9.27. The van der Waals surface area contributed by atoms with Gasteiger partial charge in [-0.15, -0.1) is 0 Å². The topological polar surface area (TPSA) is 24.1 Å². The number of hydrogen-bond donors (Lipinski definition) is 2. The Balaban J connectivity index is 2.96. The lowest BCUT2D eigenvalue weighted by Crippen LogP contribution is -2.24. The number of para-hydroxylation sites is 1. The molecule has 0 aliphatic carbocycles. The quantitative estimate of drug-likeness (QED) is 0.749. The molecule has 0 unspecified atom stereocenters. The van der Waals surface area contributed by atoms with Gasteiger partial charge >= 0.3 is 0 Å². The van der Waals surface area contributed by atoms with E-state index in [4.69, 9.17) is 12.2 Å². The Morgan fingerprint density at radius 2 is 1.93 bits per heavy atom. The average molecular weight is 220 g/mol. The van der Waals surface area contributed by atoms with Gasteiger partial charge in [-0.3, -0.25) is 0 Å². The summed E-state index contributed by atoms with van der Waals surface area (Å²) >= 11 is 5.07. The molecule has 0 saturated carbocycles. The fraction of sp³-hybridized carbons (Fsp3) is 0.250. The van der Waals surface area contributed by atoms with E-state index >= 15 is 0 Å². The van der Waals surface area contributed by atoms with Crippen LogP contribution in [-0.2, 0) is 0 Å². The molecule has 1 rings (SSSR count). The molecule has 0 amide bonds. The third-order valence-electron chi connectivity index (χ3n) is 1.88. The highest BCUT2D eigenvalue weighted by molar-refractivity contribution is 7.80. The zero-order valence-electron chi connectivity index (χ0n) is 9.29. The molecule has 1 aromatic carbocycles. The Morgan fingerprint density at radius 3 is 2.53 bits per heavy atom. The summed E-state index contributed by atoms with van der Waals surface area (Å²) in [5.74, 6) is 0. The fourth-order valence-electron chi connectivity index (χ4n) is 1.23. The Labute approximate surface area is 96.4 Å². The van der Waals surface area contributed by atoms with Gasteiger partial charge in [-0.2, -0.15) is 0 Å². The van der Waals surface area contributed by atoms with Gasteiger partial charge in [0.15, 0.2) is 5.11 Å². The Morgan fingerprint density at radius 1 is 1.27 bits per heavy atom. The number of anilines is 1. The van der Waals surface area contributed by atoms with Gasteiger partial charge in [-0.25, -0.2) is 0 Å². The molecule has 3 heteroatoms. The highest BCUT2D eigenvalue weighted by Gasteiger charge is 1.99. The Kier molecular flexibility index (Phi) is 4.31. The first-order valence-electron chi connectivity index (χ1n) is 4.86. The molecule has 2 N–H and O–H groups in total. The summed E-state index contributed by atoms with van der Waals surface area (Å²) in [5.41, 5.74) is 3.44. The predicted octanol–water partition coefficient (Wildman–Crippen LogP) is 3.03. The minimum absolute atomic E-state index is 0.629. The van der Waals surface area contributed by atoms with E-state index in [-0.39, 0.29) is 0 Å². The predicted molar refractivity (Wildman–Crippen MR) is 71.0 cm³/mol. The van der Waals surface area contributed by atoms with Crippen LogP contribution >= 0.6 is 12.2 Å². The standard InChI is InChI=1S/C12H16N2S/c1-9(2)8-10-6-4-5-7-11(10)14-12(15)13-3/h4-8H,1-3H3,(H2,13,14,15). The summed E-state index contributed by atoms with van der Waals surface area (Å²) < 4.78 is 0. The summed E-state index contributed by atoms with van der Waals surface area (Å²) in [6.07, 6.45) is 2.13. The van der Waals surface area contributed by atoms with Crippen LogP contribution in [0.4, 0.5) is 5.69 Å². The van der Waals surface area contributed by atoms with E-state index in [9.17, 15) is 0 Å². The van der Waals surface area contributed by atoms with Gasteiger partial charge in [0.25, 0.3) is 0 Å². The minimum atomic E-state index is 0.629. The van der Waals surface area contributed by atoms with Crippen molar-refractivity contribution < 1.29 is 0 Å². The van der Waals surface area contributed by atoms with Crippen LogP contribution in [0.25, 0.3) is 6.08 Å². The minimum Gasteiger partial charge on any atom is -0.366 e. The maximum Gasteiger partial charge on any atom is 0.170 e. The third-order valence-corrected chi connectivity index (χ3v) is 2.19. The molecule has 0 fully saturated rings. The van der Waals surface area contributed by atoms with Gasteiger partial charge in [0.1, 0.15) is 0 Å². The van der Waals surface area contributed by atoms with Crippen LogP contribution in [0.5, 0.6) is 0 Å². The number of allylic oxidation sites excluding steroid dienone is 1. The largest absolute Gasteiger partial charge is 0.366 e. The lowest BCUT2D eigenvalue weighted by Gasteiger charge is -2.10. The maximum absolute atomic E-state index is 5.07. The van der Waals surface area contributed by atoms with Gasteiger partial charge in [-0.1, -0.05) is 29.8 Å². The van der Waals surface area contributed by atoms with Crippen molar-refractivity contribution in [1.82, 2.24) is 5.32 Å². The van der Waals surface area contributed by atoms with Crippen molar-refractivity contribution in [2.45, 2.75) is 13.8 Å². The Hall–Kier alpha value is -1.35. The number of rotatable bonds is 2. The zero-order valence-corrected chi connectivity index (χ0v) is 10.1. The number of thiocarbonyl (C=S) groups is 1. The second kappa shape index (κ2) is 5.51. The highest BCUT2D eigenvalue weighted by Crippen LogP contribution is 2.17. The molecule has 1 aromatic rings. The van der Waals surface area contributed by atoms with Crippen LogP contribution in [0.1, 0.15) is 19.4 Å². The van der Waals surface area contributed by atoms with Gasteiger partial charge in [0.2, 0.25) is 0 Å². The second-order valence-electron chi connectivity index (χ2n) is 3.51. The summed E-state index contributed by atoms with van der Waals surface area (Å²) in [6.45, 7) is 4.15. The molecule has 0 aromatic heterocycles. The monoisotopic (exact) mass is 220 g/mol. The summed E-state index contributed by atoms with van der Waals surface area (Å²) in [7, 11) is 1.80.